The molecule has 0 amide bonds. The monoisotopic (exact) mass is 534 g/mol. The smallest absolute Gasteiger partial charge is 0.334 e. The lowest BCUT2D eigenvalue weighted by molar-refractivity contribution is -0.254. The van der Waals surface area contributed by atoms with Gasteiger partial charge in [0.2, 0.25) is 0 Å². The number of aliphatic hydroxyl groups is 4. The number of hydrogen-bond donors (Lipinski definition) is 4. The van der Waals surface area contributed by atoms with Crippen LogP contribution in [0.5, 0.6) is 0 Å². The van der Waals surface area contributed by atoms with E-state index in [2.05, 4.69) is 0 Å². The Hall–Kier alpha value is -1.52. The first-order valence-corrected chi connectivity index (χ1v) is 14.2. The van der Waals surface area contributed by atoms with Crippen molar-refractivity contribution < 1.29 is 44.2 Å². The van der Waals surface area contributed by atoms with Crippen LogP contribution in [0.1, 0.15) is 79.6 Å². The maximum Gasteiger partial charge on any atom is 0.334 e. The van der Waals surface area contributed by atoms with Crippen LogP contribution < -0.4 is 0 Å². The molecule has 0 aromatic carbocycles. The van der Waals surface area contributed by atoms with Crippen LogP contribution in [0.15, 0.2) is 11.6 Å². The number of esters is 2. The SMILES string of the molecule is CC1=CC(C(O)C(C)C2CC(O)C3(O)C4CCC5C(C)(C)OC6CC(=O)OC65CC4(O)CCC23C)OC1=O. The van der Waals surface area contributed by atoms with Crippen LogP contribution in [0.3, 0.4) is 0 Å². The Morgan fingerprint density at radius 1 is 1.08 bits per heavy atom. The second-order valence-corrected chi connectivity index (χ2v) is 14.0. The summed E-state index contributed by atoms with van der Waals surface area (Å²) in [5.41, 5.74) is -4.79. The Labute approximate surface area is 223 Å². The molecule has 0 radical (unpaired) electrons. The molecule has 9 heteroatoms. The number of fused-ring (bicyclic) bond motifs is 3. The van der Waals surface area contributed by atoms with E-state index >= 15 is 0 Å². The molecule has 3 saturated carbocycles. The van der Waals surface area contributed by atoms with Crippen molar-refractivity contribution in [2.24, 2.45) is 29.1 Å². The molecule has 9 nitrogen and oxygen atoms in total. The van der Waals surface area contributed by atoms with Crippen molar-refractivity contribution in [2.45, 2.75) is 126 Å². The molecule has 12 atom stereocenters. The summed E-state index contributed by atoms with van der Waals surface area (Å²) in [6.07, 6.45) is 0.770. The Bertz CT molecular complexity index is 1090. The van der Waals surface area contributed by atoms with Gasteiger partial charge in [-0.2, -0.15) is 0 Å². The van der Waals surface area contributed by atoms with Crippen LogP contribution in [0.4, 0.5) is 0 Å². The van der Waals surface area contributed by atoms with E-state index in [1.54, 1.807) is 13.0 Å². The van der Waals surface area contributed by atoms with Crippen molar-refractivity contribution >= 4 is 11.9 Å². The third kappa shape index (κ3) is 3.22. The fourth-order valence-electron chi connectivity index (χ4n) is 9.99. The van der Waals surface area contributed by atoms with Gasteiger partial charge in [0.05, 0.1) is 29.8 Å². The highest BCUT2D eigenvalue weighted by atomic mass is 16.6. The molecule has 3 aliphatic carbocycles. The zero-order valence-electron chi connectivity index (χ0n) is 23.0. The van der Waals surface area contributed by atoms with E-state index in [4.69, 9.17) is 14.2 Å². The van der Waals surface area contributed by atoms with Gasteiger partial charge >= 0.3 is 11.9 Å². The summed E-state index contributed by atoms with van der Waals surface area (Å²) in [5, 5.41) is 47.6. The molecule has 5 fully saturated rings. The molecule has 3 aliphatic heterocycles. The summed E-state index contributed by atoms with van der Waals surface area (Å²) >= 11 is 0. The number of ether oxygens (including phenoxy) is 3. The predicted molar refractivity (Wildman–Crippen MR) is 133 cm³/mol. The topological polar surface area (TPSA) is 143 Å². The van der Waals surface area contributed by atoms with E-state index in [9.17, 15) is 30.0 Å². The van der Waals surface area contributed by atoms with Crippen LogP contribution in [0.25, 0.3) is 0 Å². The molecule has 4 N–H and O–H groups in total. The van der Waals surface area contributed by atoms with Gasteiger partial charge in [-0.3, -0.25) is 4.79 Å². The molecule has 3 heterocycles. The average molecular weight is 535 g/mol. The van der Waals surface area contributed by atoms with Gasteiger partial charge in [0.1, 0.15) is 23.4 Å². The third-order valence-corrected chi connectivity index (χ3v) is 11.9. The first-order valence-electron chi connectivity index (χ1n) is 14.2. The molecule has 0 bridgehead atoms. The van der Waals surface area contributed by atoms with E-state index in [-0.39, 0.29) is 43.0 Å². The Morgan fingerprint density at radius 3 is 2.42 bits per heavy atom. The maximum atomic E-state index is 12.5. The summed E-state index contributed by atoms with van der Waals surface area (Å²) < 4.78 is 17.7. The summed E-state index contributed by atoms with van der Waals surface area (Å²) in [5.74, 6) is -2.20. The second-order valence-electron chi connectivity index (χ2n) is 14.0. The predicted octanol–water partition coefficient (Wildman–Crippen LogP) is 1.78. The van der Waals surface area contributed by atoms with E-state index in [0.29, 0.717) is 31.3 Å². The summed E-state index contributed by atoms with van der Waals surface area (Å²) in [4.78, 5) is 24.4. The highest BCUT2D eigenvalue weighted by Crippen LogP contribution is 2.69. The molecule has 6 aliphatic rings. The lowest BCUT2D eigenvalue weighted by Gasteiger charge is -2.59. The fraction of sp³-hybridized carbons (Fsp3) is 0.862. The van der Waals surface area contributed by atoms with Crippen LogP contribution in [0.2, 0.25) is 0 Å². The van der Waals surface area contributed by atoms with Gasteiger partial charge < -0.3 is 34.6 Å². The molecule has 2 saturated heterocycles. The maximum absolute atomic E-state index is 12.5. The van der Waals surface area contributed by atoms with Crippen molar-refractivity contribution in [3.05, 3.63) is 11.6 Å². The van der Waals surface area contributed by atoms with Gasteiger partial charge in [-0.05, 0) is 70.8 Å². The molecule has 12 unspecified atom stereocenters. The highest BCUT2D eigenvalue weighted by molar-refractivity contribution is 5.90. The molecule has 1 spiro atoms. The number of carbonyl (C=O) groups excluding carboxylic acids is 2. The van der Waals surface area contributed by atoms with Crippen molar-refractivity contribution in [1.29, 1.82) is 0 Å². The Balaban J connectivity index is 1.34. The number of cyclic esters (lactones) is 1. The van der Waals surface area contributed by atoms with Gasteiger partial charge in [0, 0.05) is 29.2 Å². The van der Waals surface area contributed by atoms with Crippen LogP contribution in [-0.2, 0) is 23.8 Å². The van der Waals surface area contributed by atoms with Crippen molar-refractivity contribution in [2.75, 3.05) is 0 Å². The zero-order valence-corrected chi connectivity index (χ0v) is 23.0. The summed E-state index contributed by atoms with van der Waals surface area (Å²) in [6, 6.07) is 0. The van der Waals surface area contributed by atoms with E-state index in [1.807, 2.05) is 27.7 Å². The fourth-order valence-corrected chi connectivity index (χ4v) is 9.99. The molecule has 38 heavy (non-hydrogen) atoms. The minimum absolute atomic E-state index is 0.141. The summed E-state index contributed by atoms with van der Waals surface area (Å²) in [7, 11) is 0. The van der Waals surface area contributed by atoms with Gasteiger partial charge in [0.25, 0.3) is 0 Å². The first kappa shape index (κ1) is 26.7. The number of carbonyl (C=O) groups is 2. The molecule has 0 aromatic rings. The zero-order chi connectivity index (χ0) is 27.6. The standard InChI is InChI=1S/C29H42O9/c1-14-10-17(36-24(14)33)23(32)15(2)16-11-20(30)29(35)19-7-6-18-25(3,4)37-21-12-22(31)38-28(18,21)13-27(19,34)9-8-26(16,29)5/h10,15-21,23,30,32,34-35H,6-9,11-13H2,1-5H3. The number of aliphatic hydroxyl groups excluding tert-OH is 2. The summed E-state index contributed by atoms with van der Waals surface area (Å²) in [6.45, 7) is 9.50. The minimum atomic E-state index is -1.60. The van der Waals surface area contributed by atoms with Crippen LogP contribution >= 0.6 is 0 Å². The number of hydrogen-bond acceptors (Lipinski definition) is 9. The van der Waals surface area contributed by atoms with Crippen molar-refractivity contribution in [1.82, 2.24) is 0 Å². The van der Waals surface area contributed by atoms with E-state index in [1.165, 1.54) is 0 Å². The molecule has 0 aromatic heterocycles. The van der Waals surface area contributed by atoms with Gasteiger partial charge in [-0.25, -0.2) is 4.79 Å². The van der Waals surface area contributed by atoms with Crippen LogP contribution in [0, 0.1) is 29.1 Å². The molecule has 6 rings (SSSR count). The van der Waals surface area contributed by atoms with Crippen molar-refractivity contribution in [3.8, 4) is 0 Å². The van der Waals surface area contributed by atoms with E-state index < -0.39 is 64.1 Å². The normalized spacial score (nSPS) is 52.6. The Kier molecular flexibility index (Phi) is 5.64. The minimum Gasteiger partial charge on any atom is -0.456 e. The first-order chi connectivity index (χ1) is 17.6. The molecular formula is C29H42O9. The van der Waals surface area contributed by atoms with E-state index in [0.717, 1.165) is 0 Å². The quantitative estimate of drug-likeness (QED) is 0.399. The third-order valence-electron chi connectivity index (χ3n) is 11.9. The average Bonchev–Trinajstić information content (AvgIpc) is 3.40. The lowest BCUT2D eigenvalue weighted by atomic mass is 9.50. The largest absolute Gasteiger partial charge is 0.456 e. The van der Waals surface area contributed by atoms with Crippen molar-refractivity contribution in [3.63, 3.8) is 0 Å². The Morgan fingerprint density at radius 2 is 1.76 bits per heavy atom. The van der Waals surface area contributed by atoms with Gasteiger partial charge in [-0.1, -0.05) is 13.8 Å². The molecule has 212 valence electrons. The van der Waals surface area contributed by atoms with Gasteiger partial charge in [-0.15, -0.1) is 0 Å². The van der Waals surface area contributed by atoms with Gasteiger partial charge in [0.15, 0.2) is 0 Å². The second kappa shape index (κ2) is 8.03. The lowest BCUT2D eigenvalue weighted by Crippen LogP contribution is -2.67. The van der Waals surface area contributed by atoms with Crippen LogP contribution in [-0.4, -0.2) is 79.2 Å². The number of rotatable bonds is 3. The molecular weight excluding hydrogens is 492 g/mol. The highest BCUT2D eigenvalue weighted by Gasteiger charge is 2.76.